The van der Waals surface area contributed by atoms with Crippen LogP contribution in [0.15, 0.2) is 12.3 Å². The molecule has 1 fully saturated rings. The molecule has 0 aliphatic heterocycles. The molecular formula is C12H18N4O3. The van der Waals surface area contributed by atoms with Gasteiger partial charge in [-0.2, -0.15) is 0 Å². The summed E-state index contributed by atoms with van der Waals surface area (Å²) in [4.78, 5) is 14.4. The largest absolute Gasteiger partial charge is 0.488 e. The third-order valence-corrected chi connectivity index (χ3v) is 3.28. The van der Waals surface area contributed by atoms with Crippen molar-refractivity contribution in [2.45, 2.75) is 37.8 Å². The maximum Gasteiger partial charge on any atom is 0.404 e. The molecule has 0 unspecified atom stereocenters. The molecule has 1 saturated carbocycles. The maximum atomic E-state index is 10.5. The van der Waals surface area contributed by atoms with Gasteiger partial charge in [-0.1, -0.05) is 0 Å². The van der Waals surface area contributed by atoms with Crippen LogP contribution < -0.4 is 21.5 Å². The van der Waals surface area contributed by atoms with Crippen molar-refractivity contribution in [2.75, 3.05) is 11.5 Å². The van der Waals surface area contributed by atoms with Gasteiger partial charge in [-0.05, 0) is 25.7 Å². The summed E-state index contributed by atoms with van der Waals surface area (Å²) < 4.78 is 5.80. The highest BCUT2D eigenvalue weighted by Gasteiger charge is 2.24. The number of hydrogen-bond acceptors (Lipinski definition) is 5. The molecule has 104 valence electrons. The minimum atomic E-state index is -0.976. The minimum Gasteiger partial charge on any atom is -0.488 e. The first-order chi connectivity index (χ1) is 9.06. The van der Waals surface area contributed by atoms with Gasteiger partial charge >= 0.3 is 6.09 Å². The highest BCUT2D eigenvalue weighted by atomic mass is 16.5. The Kier molecular flexibility index (Phi) is 3.94. The fourth-order valence-corrected chi connectivity index (χ4v) is 2.25. The predicted molar refractivity (Wildman–Crippen MR) is 70.9 cm³/mol. The van der Waals surface area contributed by atoms with Gasteiger partial charge in [0, 0.05) is 18.3 Å². The number of carbonyl (C=O) groups is 1. The van der Waals surface area contributed by atoms with Crippen LogP contribution >= 0.6 is 0 Å². The lowest BCUT2D eigenvalue weighted by Gasteiger charge is -2.29. The average Bonchev–Trinajstić information content (AvgIpc) is 2.37. The quantitative estimate of drug-likeness (QED) is 0.651. The summed E-state index contributed by atoms with van der Waals surface area (Å²) in [5.41, 5.74) is 11.8. The Labute approximate surface area is 110 Å². The SMILES string of the molecule is Nc1nccc(OC2CCC(NC(=O)O)CC2)c1N. The van der Waals surface area contributed by atoms with Crippen LogP contribution in [0.25, 0.3) is 0 Å². The Bertz CT molecular complexity index is 458. The molecule has 0 spiro atoms. The molecule has 0 bridgehead atoms. The molecule has 19 heavy (non-hydrogen) atoms. The third kappa shape index (κ3) is 3.40. The van der Waals surface area contributed by atoms with Gasteiger partial charge in [-0.25, -0.2) is 9.78 Å². The molecule has 6 N–H and O–H groups in total. The molecule has 0 saturated heterocycles. The highest BCUT2D eigenvalue weighted by molar-refractivity contribution is 5.66. The van der Waals surface area contributed by atoms with E-state index < -0.39 is 6.09 Å². The van der Waals surface area contributed by atoms with Crippen molar-refractivity contribution in [1.29, 1.82) is 0 Å². The van der Waals surface area contributed by atoms with Crippen LogP contribution in [0, 0.1) is 0 Å². The smallest absolute Gasteiger partial charge is 0.404 e. The molecule has 0 atom stereocenters. The lowest BCUT2D eigenvalue weighted by Crippen LogP contribution is -2.38. The Morgan fingerprint density at radius 1 is 1.37 bits per heavy atom. The second kappa shape index (κ2) is 5.64. The number of ether oxygens (including phenoxy) is 1. The first-order valence-electron chi connectivity index (χ1n) is 6.22. The van der Waals surface area contributed by atoms with Crippen molar-refractivity contribution in [3.63, 3.8) is 0 Å². The summed E-state index contributed by atoms with van der Waals surface area (Å²) in [6.45, 7) is 0. The van der Waals surface area contributed by atoms with Crippen molar-refractivity contribution in [2.24, 2.45) is 0 Å². The number of nitrogen functional groups attached to an aromatic ring is 2. The number of aromatic nitrogens is 1. The Balaban J connectivity index is 1.89. The van der Waals surface area contributed by atoms with Crippen LogP contribution in [0.3, 0.4) is 0 Å². The van der Waals surface area contributed by atoms with Gasteiger partial charge in [0.2, 0.25) is 0 Å². The van der Waals surface area contributed by atoms with Gasteiger partial charge in [-0.3, -0.25) is 0 Å². The van der Waals surface area contributed by atoms with E-state index in [0.29, 0.717) is 11.4 Å². The summed E-state index contributed by atoms with van der Waals surface area (Å²) in [6, 6.07) is 1.70. The van der Waals surface area contributed by atoms with Crippen molar-refractivity contribution in [3.05, 3.63) is 12.3 Å². The van der Waals surface area contributed by atoms with Gasteiger partial charge < -0.3 is 26.6 Å². The number of rotatable bonds is 3. The van der Waals surface area contributed by atoms with E-state index >= 15 is 0 Å². The van der Waals surface area contributed by atoms with Crippen molar-refractivity contribution >= 4 is 17.6 Å². The molecule has 1 heterocycles. The summed E-state index contributed by atoms with van der Waals surface area (Å²) in [6.07, 6.45) is 3.71. The fraction of sp³-hybridized carbons (Fsp3) is 0.500. The lowest BCUT2D eigenvalue weighted by molar-refractivity contribution is 0.135. The molecule has 0 radical (unpaired) electrons. The lowest BCUT2D eigenvalue weighted by atomic mass is 9.93. The van der Waals surface area contributed by atoms with Gasteiger partial charge in [-0.15, -0.1) is 0 Å². The number of amides is 1. The molecule has 7 nitrogen and oxygen atoms in total. The van der Waals surface area contributed by atoms with Crippen LogP contribution in [0.1, 0.15) is 25.7 Å². The van der Waals surface area contributed by atoms with Crippen LogP contribution in [-0.2, 0) is 0 Å². The van der Waals surface area contributed by atoms with E-state index in [-0.39, 0.29) is 18.0 Å². The summed E-state index contributed by atoms with van der Waals surface area (Å²) in [5, 5.41) is 11.1. The Hall–Kier alpha value is -2.18. The zero-order valence-electron chi connectivity index (χ0n) is 10.5. The molecule has 7 heteroatoms. The van der Waals surface area contributed by atoms with Gasteiger partial charge in [0.25, 0.3) is 0 Å². The predicted octanol–water partition coefficient (Wildman–Crippen LogP) is 1.20. The van der Waals surface area contributed by atoms with Crippen LogP contribution in [0.2, 0.25) is 0 Å². The summed E-state index contributed by atoms with van der Waals surface area (Å²) in [7, 11) is 0. The topological polar surface area (TPSA) is 123 Å². The molecule has 2 rings (SSSR count). The van der Waals surface area contributed by atoms with Gasteiger partial charge in [0.15, 0.2) is 0 Å². The van der Waals surface area contributed by atoms with E-state index in [9.17, 15) is 4.79 Å². The number of carboxylic acid groups (broad SMARTS) is 1. The molecule has 1 aliphatic rings. The number of anilines is 2. The first kappa shape index (κ1) is 13.3. The zero-order chi connectivity index (χ0) is 13.8. The molecule has 0 aromatic carbocycles. The summed E-state index contributed by atoms with van der Waals surface area (Å²) in [5.74, 6) is 0.806. The monoisotopic (exact) mass is 266 g/mol. The van der Waals surface area contributed by atoms with Gasteiger partial charge in [0.1, 0.15) is 17.3 Å². The van der Waals surface area contributed by atoms with Crippen LogP contribution in [0.5, 0.6) is 5.75 Å². The van der Waals surface area contributed by atoms with E-state index in [1.807, 2.05) is 0 Å². The number of pyridine rings is 1. The first-order valence-corrected chi connectivity index (χ1v) is 6.22. The number of nitrogens with zero attached hydrogens (tertiary/aromatic N) is 1. The Morgan fingerprint density at radius 2 is 2.05 bits per heavy atom. The van der Waals surface area contributed by atoms with E-state index in [1.54, 1.807) is 12.3 Å². The second-order valence-corrected chi connectivity index (χ2v) is 4.65. The molecule has 1 aliphatic carbocycles. The van der Waals surface area contributed by atoms with Crippen LogP contribution in [0.4, 0.5) is 16.3 Å². The average molecular weight is 266 g/mol. The standard InChI is InChI=1S/C12H18N4O3/c13-10-9(5-6-15-11(10)14)19-8-3-1-7(2-4-8)16-12(17)18/h5-8,16H,1-4,13H2,(H2,14,15)(H,17,18). The van der Waals surface area contributed by atoms with Crippen molar-refractivity contribution in [3.8, 4) is 5.75 Å². The molecule has 1 aromatic rings. The number of nitrogens with two attached hydrogens (primary N) is 2. The van der Waals surface area contributed by atoms with E-state index in [1.165, 1.54) is 0 Å². The Morgan fingerprint density at radius 3 is 2.68 bits per heavy atom. The van der Waals surface area contributed by atoms with Crippen LogP contribution in [-0.4, -0.2) is 28.3 Å². The van der Waals surface area contributed by atoms with Crippen molar-refractivity contribution in [1.82, 2.24) is 10.3 Å². The van der Waals surface area contributed by atoms with E-state index in [0.717, 1.165) is 25.7 Å². The zero-order valence-corrected chi connectivity index (χ0v) is 10.5. The highest BCUT2D eigenvalue weighted by Crippen LogP contribution is 2.29. The van der Waals surface area contributed by atoms with E-state index in [4.69, 9.17) is 21.3 Å². The second-order valence-electron chi connectivity index (χ2n) is 4.65. The van der Waals surface area contributed by atoms with Gasteiger partial charge in [0.05, 0.1) is 6.10 Å². The maximum absolute atomic E-state index is 10.5. The number of hydrogen-bond donors (Lipinski definition) is 4. The number of nitrogens with one attached hydrogen (secondary N) is 1. The summed E-state index contributed by atoms with van der Waals surface area (Å²) >= 11 is 0. The van der Waals surface area contributed by atoms with E-state index in [2.05, 4.69) is 10.3 Å². The van der Waals surface area contributed by atoms with Crippen molar-refractivity contribution < 1.29 is 14.6 Å². The normalized spacial score (nSPS) is 22.7. The molecule has 1 aromatic heterocycles. The fourth-order valence-electron chi connectivity index (χ4n) is 2.25. The third-order valence-electron chi connectivity index (χ3n) is 3.28. The molecule has 1 amide bonds. The molecular weight excluding hydrogens is 248 g/mol. The minimum absolute atomic E-state index is 0.0113.